The van der Waals surface area contributed by atoms with Crippen LogP contribution in [0.15, 0.2) is 48.5 Å². The minimum absolute atomic E-state index is 0.101. The van der Waals surface area contributed by atoms with Gasteiger partial charge in [0.1, 0.15) is 5.82 Å². The smallest absolute Gasteiger partial charge is 0.193 e. The third kappa shape index (κ3) is 4.08. The number of hydrogen-bond acceptors (Lipinski definition) is 3. The van der Waals surface area contributed by atoms with Crippen molar-refractivity contribution < 1.29 is 18.7 Å². The van der Waals surface area contributed by atoms with E-state index in [9.17, 15) is 9.18 Å². The first-order valence-corrected chi connectivity index (χ1v) is 8.14. The number of aryl methyl sites for hydroxylation is 1. The number of carbonyl (C=O) groups excluding carboxylic acids is 1. The van der Waals surface area contributed by atoms with Crippen LogP contribution in [0.5, 0.6) is 0 Å². The Morgan fingerprint density at radius 1 is 1.08 bits per heavy atom. The van der Waals surface area contributed by atoms with Crippen molar-refractivity contribution in [2.45, 2.75) is 38.6 Å². The van der Waals surface area contributed by atoms with Gasteiger partial charge in [-0.3, -0.25) is 4.79 Å². The Labute approximate surface area is 141 Å². The number of ether oxygens (including phenoxy) is 2. The quantitative estimate of drug-likeness (QED) is 0.774. The number of benzene rings is 2. The predicted molar refractivity (Wildman–Crippen MR) is 89.5 cm³/mol. The molecule has 2 aromatic carbocycles. The molecule has 1 fully saturated rings. The lowest BCUT2D eigenvalue weighted by molar-refractivity contribution is -0.138. The molecule has 2 aromatic rings. The van der Waals surface area contributed by atoms with E-state index in [1.54, 1.807) is 0 Å². The van der Waals surface area contributed by atoms with Crippen LogP contribution in [0.3, 0.4) is 0 Å². The zero-order valence-corrected chi connectivity index (χ0v) is 13.9. The highest BCUT2D eigenvalue weighted by atomic mass is 19.1. The molecule has 0 spiro atoms. The van der Waals surface area contributed by atoms with Gasteiger partial charge in [-0.05, 0) is 56.5 Å². The van der Waals surface area contributed by atoms with Crippen molar-refractivity contribution in [3.8, 4) is 0 Å². The van der Waals surface area contributed by atoms with E-state index in [0.717, 1.165) is 18.4 Å². The Morgan fingerprint density at radius 2 is 1.67 bits per heavy atom. The van der Waals surface area contributed by atoms with Crippen LogP contribution in [0.1, 0.15) is 41.8 Å². The average molecular weight is 328 g/mol. The second-order valence-electron chi connectivity index (χ2n) is 6.52. The van der Waals surface area contributed by atoms with Crippen molar-refractivity contribution >= 4 is 5.78 Å². The topological polar surface area (TPSA) is 35.5 Å². The van der Waals surface area contributed by atoms with Gasteiger partial charge < -0.3 is 9.47 Å². The summed E-state index contributed by atoms with van der Waals surface area (Å²) in [7, 11) is 0. The number of hydrogen-bond donors (Lipinski definition) is 0. The van der Waals surface area contributed by atoms with Gasteiger partial charge in [-0.2, -0.15) is 0 Å². The fraction of sp³-hybridized carbons (Fsp3) is 0.350. The molecule has 0 amide bonds. The summed E-state index contributed by atoms with van der Waals surface area (Å²) >= 11 is 0. The highest BCUT2D eigenvalue weighted by Crippen LogP contribution is 2.25. The van der Waals surface area contributed by atoms with Crippen LogP contribution in [-0.2, 0) is 15.9 Å². The van der Waals surface area contributed by atoms with Gasteiger partial charge >= 0.3 is 0 Å². The van der Waals surface area contributed by atoms with Gasteiger partial charge in [0.05, 0.1) is 12.7 Å². The fourth-order valence-electron chi connectivity index (χ4n) is 2.82. The molecule has 3 nitrogen and oxygen atoms in total. The highest BCUT2D eigenvalue weighted by Gasteiger charge is 2.32. The van der Waals surface area contributed by atoms with E-state index >= 15 is 0 Å². The molecular formula is C20H21FO3. The van der Waals surface area contributed by atoms with Crippen molar-refractivity contribution in [3.05, 3.63) is 71.0 Å². The maximum atomic E-state index is 12.9. The normalized spacial score (nSPS) is 19.4. The van der Waals surface area contributed by atoms with Gasteiger partial charge in [0.2, 0.25) is 0 Å². The Hall–Kier alpha value is -2.04. The van der Waals surface area contributed by atoms with Crippen LogP contribution >= 0.6 is 0 Å². The molecule has 4 heteroatoms. The first-order chi connectivity index (χ1) is 11.4. The molecule has 1 saturated heterocycles. The lowest BCUT2D eigenvalue weighted by Gasteiger charge is -2.17. The second kappa shape index (κ2) is 6.83. The molecule has 0 unspecified atom stereocenters. The van der Waals surface area contributed by atoms with E-state index in [0.29, 0.717) is 17.7 Å². The molecule has 0 bridgehead atoms. The molecule has 0 aliphatic carbocycles. The maximum Gasteiger partial charge on any atom is 0.193 e. The Morgan fingerprint density at radius 3 is 2.21 bits per heavy atom. The first-order valence-electron chi connectivity index (χ1n) is 8.14. The average Bonchev–Trinajstić information content (AvgIpc) is 2.93. The molecule has 0 N–H and O–H groups in total. The van der Waals surface area contributed by atoms with E-state index < -0.39 is 5.79 Å². The molecular weight excluding hydrogens is 307 g/mol. The molecule has 1 atom stereocenters. The van der Waals surface area contributed by atoms with Crippen LogP contribution in [0.25, 0.3) is 0 Å². The summed E-state index contributed by atoms with van der Waals surface area (Å²) in [6, 6.07) is 13.2. The summed E-state index contributed by atoms with van der Waals surface area (Å²) in [5.41, 5.74) is 2.24. The van der Waals surface area contributed by atoms with Crippen molar-refractivity contribution in [3.63, 3.8) is 0 Å². The Balaban J connectivity index is 1.59. The zero-order chi connectivity index (χ0) is 17.2. The van der Waals surface area contributed by atoms with Crippen LogP contribution in [-0.4, -0.2) is 24.3 Å². The molecule has 3 rings (SSSR count). The van der Waals surface area contributed by atoms with Gasteiger partial charge in [0.25, 0.3) is 0 Å². The largest absolute Gasteiger partial charge is 0.348 e. The van der Waals surface area contributed by atoms with Gasteiger partial charge in [-0.15, -0.1) is 0 Å². The Kier molecular flexibility index (Phi) is 4.78. The lowest BCUT2D eigenvalue weighted by Crippen LogP contribution is -2.21. The molecule has 0 aromatic heterocycles. The zero-order valence-electron chi connectivity index (χ0n) is 13.9. The van der Waals surface area contributed by atoms with Gasteiger partial charge in [-0.25, -0.2) is 4.39 Å². The van der Waals surface area contributed by atoms with E-state index in [2.05, 4.69) is 0 Å². The molecule has 0 radical (unpaired) electrons. The molecule has 126 valence electrons. The Bertz CT molecular complexity index is 705. The number of carbonyl (C=O) groups is 1. The first kappa shape index (κ1) is 16.8. The predicted octanol–water partition coefficient (Wildman–Crippen LogP) is 4.14. The third-order valence-corrected chi connectivity index (χ3v) is 4.14. The van der Waals surface area contributed by atoms with Crippen LogP contribution < -0.4 is 0 Å². The van der Waals surface area contributed by atoms with Gasteiger partial charge in [0, 0.05) is 11.1 Å². The summed E-state index contributed by atoms with van der Waals surface area (Å²) in [5, 5.41) is 0. The van der Waals surface area contributed by atoms with E-state index in [4.69, 9.17) is 9.47 Å². The van der Waals surface area contributed by atoms with Gasteiger partial charge in [0.15, 0.2) is 11.6 Å². The summed E-state index contributed by atoms with van der Waals surface area (Å²) in [6.45, 7) is 4.46. The molecule has 1 aliphatic heterocycles. The summed E-state index contributed by atoms with van der Waals surface area (Å²) in [5.74, 6) is -0.935. The minimum Gasteiger partial charge on any atom is -0.348 e. The standard InChI is InChI=1S/C20H21FO3/c1-20(2)23-13-18(24-20)12-5-14-3-6-15(7-4-14)19(22)16-8-10-17(21)11-9-16/h3-4,6-11,18H,5,12-13H2,1-2H3/t18-/m0/s1. The summed E-state index contributed by atoms with van der Waals surface area (Å²) in [4.78, 5) is 12.3. The maximum absolute atomic E-state index is 12.9. The van der Waals surface area contributed by atoms with Crippen LogP contribution in [0.2, 0.25) is 0 Å². The van der Waals surface area contributed by atoms with Crippen molar-refractivity contribution in [1.29, 1.82) is 0 Å². The van der Waals surface area contributed by atoms with E-state index in [-0.39, 0.29) is 17.7 Å². The van der Waals surface area contributed by atoms with E-state index in [1.165, 1.54) is 24.3 Å². The second-order valence-corrected chi connectivity index (χ2v) is 6.52. The third-order valence-electron chi connectivity index (χ3n) is 4.14. The summed E-state index contributed by atoms with van der Waals surface area (Å²) < 4.78 is 24.3. The fourth-order valence-corrected chi connectivity index (χ4v) is 2.82. The SMILES string of the molecule is CC1(C)OC[C@H](CCc2ccc(C(=O)c3ccc(F)cc3)cc2)O1. The van der Waals surface area contributed by atoms with Gasteiger partial charge in [-0.1, -0.05) is 24.3 Å². The number of halogens is 1. The van der Waals surface area contributed by atoms with Crippen LogP contribution in [0.4, 0.5) is 4.39 Å². The molecule has 1 aliphatic rings. The van der Waals surface area contributed by atoms with Crippen LogP contribution in [0, 0.1) is 5.82 Å². The number of rotatable bonds is 5. The van der Waals surface area contributed by atoms with Crippen molar-refractivity contribution in [2.24, 2.45) is 0 Å². The monoisotopic (exact) mass is 328 g/mol. The minimum atomic E-state index is -0.490. The summed E-state index contributed by atoms with van der Waals surface area (Å²) in [6.07, 6.45) is 1.87. The highest BCUT2D eigenvalue weighted by molar-refractivity contribution is 6.08. The molecule has 0 saturated carbocycles. The van der Waals surface area contributed by atoms with E-state index in [1.807, 2.05) is 38.1 Å². The molecule has 24 heavy (non-hydrogen) atoms. The number of ketones is 1. The lowest BCUT2D eigenvalue weighted by atomic mass is 10.00. The van der Waals surface area contributed by atoms with Crippen molar-refractivity contribution in [1.82, 2.24) is 0 Å². The molecule has 1 heterocycles. The van der Waals surface area contributed by atoms with Crippen molar-refractivity contribution in [2.75, 3.05) is 6.61 Å².